The van der Waals surface area contributed by atoms with Crippen LogP contribution in [0.1, 0.15) is 394 Å². The summed E-state index contributed by atoms with van der Waals surface area (Å²) < 4.78 is 68.4. The molecule has 0 saturated carbocycles. The van der Waals surface area contributed by atoms with Gasteiger partial charge in [-0.2, -0.15) is 0 Å². The lowest BCUT2D eigenvalue weighted by atomic mass is 10.0. The van der Waals surface area contributed by atoms with Crippen molar-refractivity contribution in [3.8, 4) is 0 Å². The van der Waals surface area contributed by atoms with E-state index in [4.69, 9.17) is 37.0 Å². The van der Waals surface area contributed by atoms with Crippen LogP contribution in [0.15, 0.2) is 24.3 Å². The van der Waals surface area contributed by atoms with Gasteiger partial charge in [0.25, 0.3) is 0 Å². The number of ether oxygens (including phenoxy) is 4. The van der Waals surface area contributed by atoms with Crippen molar-refractivity contribution in [1.82, 2.24) is 0 Å². The third kappa shape index (κ3) is 71.7. The standard InChI is InChI=1S/C78H148O17P2/c1-5-9-13-17-21-25-28-31-33-34-35-36-37-38-39-41-43-46-49-53-57-61-65-78(83)95-74(69-89-76(81)63-59-55-51-47-45-42-40-32-29-26-22-18-14-10-6-2)71-93-97(86,87)91-67-72(79)66-90-96(84,85)92-70-73(68-88-75(80)62-58-54-50-24-20-16-12-8-4)94-77(82)64-60-56-52-48-44-30-27-23-19-15-11-7-3/h26,29,32,40,72-74,79H,5-25,27-28,30-31,33-39,41-71H2,1-4H3,(H,84,85)(H,86,87)/b29-26-,40-32-/t72-,73+,74+/m0/s1. The molecule has 0 bridgehead atoms. The van der Waals surface area contributed by atoms with E-state index in [-0.39, 0.29) is 25.7 Å². The normalized spacial score (nSPS) is 14.0. The molecule has 2 unspecified atom stereocenters. The number of phosphoric acid groups is 2. The quantitative estimate of drug-likeness (QED) is 0.0169. The minimum absolute atomic E-state index is 0.102. The second kappa shape index (κ2) is 71.9. The Kier molecular flexibility index (Phi) is 70.1. The van der Waals surface area contributed by atoms with Crippen LogP contribution in [0.5, 0.6) is 0 Å². The Morgan fingerprint density at radius 3 is 0.753 bits per heavy atom. The van der Waals surface area contributed by atoms with Crippen LogP contribution < -0.4 is 0 Å². The first-order chi connectivity index (χ1) is 47.2. The van der Waals surface area contributed by atoms with Crippen LogP contribution in [0.2, 0.25) is 0 Å². The summed E-state index contributed by atoms with van der Waals surface area (Å²) in [5, 5.41) is 10.6. The molecule has 0 aliphatic carbocycles. The number of rotatable bonds is 77. The fourth-order valence-corrected chi connectivity index (χ4v) is 13.1. The van der Waals surface area contributed by atoms with E-state index in [0.717, 1.165) is 116 Å². The zero-order valence-corrected chi connectivity index (χ0v) is 64.3. The molecule has 0 aliphatic heterocycles. The van der Waals surface area contributed by atoms with E-state index >= 15 is 0 Å². The van der Waals surface area contributed by atoms with Gasteiger partial charge < -0.3 is 33.8 Å². The Balaban J connectivity index is 5.20. The number of aliphatic hydroxyl groups is 1. The Morgan fingerprint density at radius 1 is 0.289 bits per heavy atom. The predicted octanol–water partition coefficient (Wildman–Crippen LogP) is 23.0. The van der Waals surface area contributed by atoms with Crippen LogP contribution >= 0.6 is 15.6 Å². The fourth-order valence-electron chi connectivity index (χ4n) is 11.6. The highest BCUT2D eigenvalue weighted by molar-refractivity contribution is 7.47. The van der Waals surface area contributed by atoms with Crippen LogP contribution in [0.4, 0.5) is 0 Å². The molecule has 0 amide bonds. The Bertz CT molecular complexity index is 1940. The highest BCUT2D eigenvalue weighted by atomic mass is 31.2. The first-order valence-electron chi connectivity index (χ1n) is 40.1. The molecule has 19 heteroatoms. The first-order valence-corrected chi connectivity index (χ1v) is 43.1. The molecule has 572 valence electrons. The lowest BCUT2D eigenvalue weighted by molar-refractivity contribution is -0.161. The van der Waals surface area contributed by atoms with E-state index in [2.05, 4.69) is 52.0 Å². The van der Waals surface area contributed by atoms with Crippen LogP contribution in [0.25, 0.3) is 0 Å². The molecule has 0 saturated heterocycles. The number of hydrogen-bond donors (Lipinski definition) is 3. The summed E-state index contributed by atoms with van der Waals surface area (Å²) in [6.07, 6.45) is 66.2. The van der Waals surface area contributed by atoms with Gasteiger partial charge in [-0.1, -0.05) is 341 Å². The van der Waals surface area contributed by atoms with Crippen LogP contribution in [-0.2, 0) is 65.4 Å². The molecule has 0 heterocycles. The number of allylic oxidation sites excluding steroid dienone is 4. The summed E-state index contributed by atoms with van der Waals surface area (Å²) in [5.41, 5.74) is 0. The maximum absolute atomic E-state index is 13.1. The van der Waals surface area contributed by atoms with E-state index in [0.29, 0.717) is 25.7 Å². The number of aliphatic hydroxyl groups excluding tert-OH is 1. The molecule has 0 aromatic carbocycles. The zero-order chi connectivity index (χ0) is 71.1. The average Bonchev–Trinajstić information content (AvgIpc) is 1.02. The molecule has 3 N–H and O–H groups in total. The Morgan fingerprint density at radius 2 is 0.495 bits per heavy atom. The molecule has 97 heavy (non-hydrogen) atoms. The lowest BCUT2D eigenvalue weighted by Crippen LogP contribution is -2.30. The number of unbranched alkanes of at least 4 members (excludes halogenated alkanes) is 48. The van der Waals surface area contributed by atoms with Crippen molar-refractivity contribution in [3.63, 3.8) is 0 Å². The summed E-state index contributed by atoms with van der Waals surface area (Å²) in [5.74, 6) is -2.14. The van der Waals surface area contributed by atoms with Crippen molar-refractivity contribution in [2.45, 2.75) is 412 Å². The molecular weight excluding hydrogens is 1270 g/mol. The first kappa shape index (κ1) is 94.5. The highest BCUT2D eigenvalue weighted by Gasteiger charge is 2.30. The van der Waals surface area contributed by atoms with Crippen molar-refractivity contribution in [2.24, 2.45) is 0 Å². The van der Waals surface area contributed by atoms with Gasteiger partial charge in [0.05, 0.1) is 26.4 Å². The van der Waals surface area contributed by atoms with Gasteiger partial charge in [-0.05, 0) is 51.4 Å². The van der Waals surface area contributed by atoms with Gasteiger partial charge in [0.15, 0.2) is 12.2 Å². The van der Waals surface area contributed by atoms with Gasteiger partial charge >= 0.3 is 39.5 Å². The summed E-state index contributed by atoms with van der Waals surface area (Å²) >= 11 is 0. The topological polar surface area (TPSA) is 237 Å². The molecule has 17 nitrogen and oxygen atoms in total. The molecule has 0 fully saturated rings. The van der Waals surface area contributed by atoms with E-state index in [9.17, 15) is 43.2 Å². The third-order valence-electron chi connectivity index (χ3n) is 17.7. The summed E-state index contributed by atoms with van der Waals surface area (Å²) in [6, 6.07) is 0. The minimum Gasteiger partial charge on any atom is -0.462 e. The van der Waals surface area contributed by atoms with Crippen molar-refractivity contribution in [3.05, 3.63) is 24.3 Å². The van der Waals surface area contributed by atoms with Gasteiger partial charge in [0.2, 0.25) is 0 Å². The molecular formula is C78H148O17P2. The van der Waals surface area contributed by atoms with Gasteiger partial charge in [0, 0.05) is 25.7 Å². The fraction of sp³-hybridized carbons (Fsp3) is 0.897. The number of esters is 4. The van der Waals surface area contributed by atoms with Gasteiger partial charge in [-0.15, -0.1) is 0 Å². The van der Waals surface area contributed by atoms with Crippen molar-refractivity contribution < 1.29 is 80.2 Å². The largest absolute Gasteiger partial charge is 0.472 e. The van der Waals surface area contributed by atoms with Crippen molar-refractivity contribution >= 4 is 39.5 Å². The summed E-state index contributed by atoms with van der Waals surface area (Å²) in [4.78, 5) is 72.7. The van der Waals surface area contributed by atoms with Crippen molar-refractivity contribution in [1.29, 1.82) is 0 Å². The minimum atomic E-state index is -4.96. The zero-order valence-electron chi connectivity index (χ0n) is 62.5. The molecule has 0 spiro atoms. The van der Waals surface area contributed by atoms with Gasteiger partial charge in [0.1, 0.15) is 19.3 Å². The molecule has 0 radical (unpaired) electrons. The highest BCUT2D eigenvalue weighted by Crippen LogP contribution is 2.45. The predicted molar refractivity (Wildman–Crippen MR) is 395 cm³/mol. The molecule has 0 aromatic heterocycles. The molecule has 0 aliphatic rings. The maximum atomic E-state index is 13.1. The van der Waals surface area contributed by atoms with Gasteiger partial charge in [-0.3, -0.25) is 37.3 Å². The van der Waals surface area contributed by atoms with Crippen LogP contribution in [-0.4, -0.2) is 96.7 Å². The second-order valence-corrected chi connectivity index (χ2v) is 30.3. The third-order valence-corrected chi connectivity index (χ3v) is 19.6. The molecule has 0 aromatic rings. The van der Waals surface area contributed by atoms with E-state index in [1.54, 1.807) is 0 Å². The second-order valence-electron chi connectivity index (χ2n) is 27.4. The number of phosphoric ester groups is 2. The number of hydrogen-bond acceptors (Lipinski definition) is 15. The summed E-state index contributed by atoms with van der Waals surface area (Å²) in [7, 11) is -9.92. The van der Waals surface area contributed by atoms with E-state index in [1.165, 1.54) is 199 Å². The van der Waals surface area contributed by atoms with Crippen molar-refractivity contribution in [2.75, 3.05) is 39.6 Å². The molecule has 0 rings (SSSR count). The lowest BCUT2D eigenvalue weighted by Gasteiger charge is -2.21. The van der Waals surface area contributed by atoms with Crippen LogP contribution in [0.3, 0.4) is 0 Å². The van der Waals surface area contributed by atoms with E-state index < -0.39 is 97.5 Å². The van der Waals surface area contributed by atoms with Gasteiger partial charge in [-0.25, -0.2) is 9.13 Å². The Labute approximate surface area is 592 Å². The Hall–Kier alpha value is -2.46. The smallest absolute Gasteiger partial charge is 0.462 e. The SMILES string of the molecule is CCCCCC/C=C\C=C/CCCCCCCC(=O)OC[C@H](COP(=O)(O)OC[C@@H](O)COP(=O)(O)OC[C@@H](COC(=O)CCCCCCCCCC)OC(=O)CCCCCCCCCCCCCC)OC(=O)CCCCCCCCCCCCCCCCCCCCCCCC. The number of carbonyl (C=O) groups excluding carboxylic acids is 4. The molecule has 5 atom stereocenters. The summed E-state index contributed by atoms with van der Waals surface area (Å²) in [6.45, 7) is 4.90. The monoisotopic (exact) mass is 1420 g/mol. The van der Waals surface area contributed by atoms with Crippen LogP contribution in [0, 0.1) is 0 Å². The number of carbonyl (C=O) groups is 4. The maximum Gasteiger partial charge on any atom is 0.472 e. The van der Waals surface area contributed by atoms with E-state index in [1.807, 2.05) is 0 Å². The average molecular weight is 1420 g/mol.